The van der Waals surface area contributed by atoms with Crippen molar-refractivity contribution in [3.8, 4) is 27.6 Å². The van der Waals surface area contributed by atoms with Crippen LogP contribution in [0.4, 0.5) is 5.82 Å². The first-order valence-electron chi connectivity index (χ1n) is 9.14. The van der Waals surface area contributed by atoms with E-state index in [1.807, 2.05) is 18.3 Å². The van der Waals surface area contributed by atoms with E-state index in [2.05, 4.69) is 52.3 Å². The Balaban J connectivity index is 1.58. The number of hydrogen-bond donors (Lipinski definition) is 0. The average Bonchev–Trinajstić information content (AvgIpc) is 3.19. The monoisotopic (exact) mass is 380 g/mol. The van der Waals surface area contributed by atoms with Gasteiger partial charge in [0.2, 0.25) is 0 Å². The van der Waals surface area contributed by atoms with Gasteiger partial charge >= 0.3 is 0 Å². The number of methoxy groups -OCH3 is 1. The van der Waals surface area contributed by atoms with E-state index in [1.54, 1.807) is 18.4 Å². The zero-order valence-corrected chi connectivity index (χ0v) is 16.8. The molecule has 3 aromatic rings. The minimum atomic E-state index is 0.903. The number of pyridine rings is 1. The van der Waals surface area contributed by atoms with Gasteiger partial charge in [-0.05, 0) is 49.9 Å². The number of rotatable bonds is 4. The minimum Gasteiger partial charge on any atom is -0.496 e. The quantitative estimate of drug-likeness (QED) is 0.686. The fraction of sp³-hybridized carbons (Fsp3) is 0.333. The number of nitrogens with zero attached hydrogens (tertiary/aromatic N) is 4. The summed E-state index contributed by atoms with van der Waals surface area (Å²) in [7, 11) is 3.86. The van der Waals surface area contributed by atoms with E-state index in [9.17, 15) is 0 Å². The molecule has 0 spiro atoms. The molecule has 2 aromatic heterocycles. The van der Waals surface area contributed by atoms with Gasteiger partial charge in [-0.2, -0.15) is 0 Å². The van der Waals surface area contributed by atoms with Gasteiger partial charge in [0.1, 0.15) is 16.6 Å². The predicted octanol–water partition coefficient (Wildman–Crippen LogP) is 3.94. The number of thiazole rings is 1. The lowest BCUT2D eigenvalue weighted by atomic mass is 10.1. The number of benzene rings is 1. The third-order valence-corrected chi connectivity index (χ3v) is 5.91. The summed E-state index contributed by atoms with van der Waals surface area (Å²) in [5, 5.41) is 3.14. The molecule has 1 aliphatic heterocycles. The van der Waals surface area contributed by atoms with Gasteiger partial charge in [-0.25, -0.2) is 9.97 Å². The average molecular weight is 381 g/mol. The zero-order valence-electron chi connectivity index (χ0n) is 16.0. The first kappa shape index (κ1) is 17.9. The molecule has 1 fully saturated rings. The number of ether oxygens (including phenoxy) is 1. The normalized spacial score (nSPS) is 15.1. The Kier molecular flexibility index (Phi) is 5.09. The van der Waals surface area contributed by atoms with Crippen LogP contribution in [0.2, 0.25) is 0 Å². The topological polar surface area (TPSA) is 41.5 Å². The first-order chi connectivity index (χ1) is 13.1. The lowest BCUT2D eigenvalue weighted by Gasteiger charge is -2.33. The Labute approximate surface area is 164 Å². The summed E-state index contributed by atoms with van der Waals surface area (Å²) in [6.45, 7) is 6.23. The predicted molar refractivity (Wildman–Crippen MR) is 112 cm³/mol. The van der Waals surface area contributed by atoms with Crippen molar-refractivity contribution in [2.24, 2.45) is 0 Å². The van der Waals surface area contributed by atoms with Gasteiger partial charge in [-0.15, -0.1) is 11.3 Å². The standard InChI is InChI=1S/C21H24N4OS/c1-15-12-16(4-5-19(15)26-3)18-14-27-21(23-18)17-6-7-22-20(13-17)25-10-8-24(2)9-11-25/h4-7,12-14H,8-11H2,1-3H3. The molecule has 4 rings (SSSR count). The largest absolute Gasteiger partial charge is 0.496 e. The maximum atomic E-state index is 5.36. The van der Waals surface area contributed by atoms with Crippen LogP contribution in [0.5, 0.6) is 5.75 Å². The number of hydrogen-bond acceptors (Lipinski definition) is 6. The van der Waals surface area contributed by atoms with Crippen LogP contribution in [0.25, 0.3) is 21.8 Å². The Bertz CT molecular complexity index is 931. The molecule has 1 saturated heterocycles. The number of piperazine rings is 1. The van der Waals surface area contributed by atoms with Crippen molar-refractivity contribution >= 4 is 17.2 Å². The molecule has 1 aliphatic rings. The van der Waals surface area contributed by atoms with E-state index >= 15 is 0 Å². The molecule has 0 bridgehead atoms. The molecule has 140 valence electrons. The van der Waals surface area contributed by atoms with Gasteiger partial charge < -0.3 is 14.5 Å². The Morgan fingerprint density at radius 1 is 1.04 bits per heavy atom. The van der Waals surface area contributed by atoms with Crippen molar-refractivity contribution in [3.63, 3.8) is 0 Å². The summed E-state index contributed by atoms with van der Waals surface area (Å²) >= 11 is 1.67. The van der Waals surface area contributed by atoms with Gasteiger partial charge in [0.05, 0.1) is 12.8 Å². The second-order valence-electron chi connectivity index (χ2n) is 6.92. The SMILES string of the molecule is COc1ccc(-c2csc(-c3ccnc(N4CCN(C)CC4)c3)n2)cc1C. The third-order valence-electron chi connectivity index (χ3n) is 5.01. The molecule has 6 heteroatoms. The summed E-state index contributed by atoms with van der Waals surface area (Å²) in [5.74, 6) is 1.94. The van der Waals surface area contributed by atoms with E-state index in [4.69, 9.17) is 9.72 Å². The first-order valence-corrected chi connectivity index (χ1v) is 10.0. The molecule has 0 radical (unpaired) electrons. The lowest BCUT2D eigenvalue weighted by Crippen LogP contribution is -2.44. The summed E-state index contributed by atoms with van der Waals surface area (Å²) in [4.78, 5) is 14.2. The highest BCUT2D eigenvalue weighted by atomic mass is 32.1. The van der Waals surface area contributed by atoms with Crippen molar-refractivity contribution < 1.29 is 4.74 Å². The van der Waals surface area contributed by atoms with Crippen LogP contribution < -0.4 is 9.64 Å². The van der Waals surface area contributed by atoms with Gasteiger partial charge in [0.25, 0.3) is 0 Å². The number of likely N-dealkylation sites (N-methyl/N-ethyl adjacent to an activating group) is 1. The molecule has 27 heavy (non-hydrogen) atoms. The number of aryl methyl sites for hydroxylation is 1. The van der Waals surface area contributed by atoms with E-state index in [0.717, 1.165) is 65.1 Å². The van der Waals surface area contributed by atoms with E-state index in [1.165, 1.54) is 0 Å². The summed E-state index contributed by atoms with van der Waals surface area (Å²) in [6.07, 6.45) is 1.89. The van der Waals surface area contributed by atoms with Gasteiger partial charge in [-0.1, -0.05) is 0 Å². The maximum Gasteiger partial charge on any atom is 0.129 e. The Hall–Kier alpha value is -2.44. The zero-order chi connectivity index (χ0) is 18.8. The molecule has 0 unspecified atom stereocenters. The second-order valence-corrected chi connectivity index (χ2v) is 7.77. The highest BCUT2D eigenvalue weighted by molar-refractivity contribution is 7.13. The summed E-state index contributed by atoms with van der Waals surface area (Å²) in [6, 6.07) is 10.4. The molecular weight excluding hydrogens is 356 g/mol. The van der Waals surface area contributed by atoms with E-state index < -0.39 is 0 Å². The number of anilines is 1. The van der Waals surface area contributed by atoms with Crippen LogP contribution in [0.3, 0.4) is 0 Å². The number of aromatic nitrogens is 2. The fourth-order valence-corrected chi connectivity index (χ4v) is 4.16. The van der Waals surface area contributed by atoms with Crippen molar-refractivity contribution in [3.05, 3.63) is 47.5 Å². The van der Waals surface area contributed by atoms with Crippen molar-refractivity contribution in [1.82, 2.24) is 14.9 Å². The van der Waals surface area contributed by atoms with Crippen LogP contribution in [0.1, 0.15) is 5.56 Å². The van der Waals surface area contributed by atoms with Gasteiger partial charge in [0.15, 0.2) is 0 Å². The summed E-state index contributed by atoms with van der Waals surface area (Å²) < 4.78 is 5.36. The fourth-order valence-electron chi connectivity index (χ4n) is 3.34. The Morgan fingerprint density at radius 2 is 1.85 bits per heavy atom. The second kappa shape index (κ2) is 7.66. The molecule has 0 aliphatic carbocycles. The highest BCUT2D eigenvalue weighted by Gasteiger charge is 2.16. The molecule has 0 saturated carbocycles. The van der Waals surface area contributed by atoms with Crippen molar-refractivity contribution in [1.29, 1.82) is 0 Å². The van der Waals surface area contributed by atoms with Crippen LogP contribution in [0, 0.1) is 6.92 Å². The molecule has 5 nitrogen and oxygen atoms in total. The smallest absolute Gasteiger partial charge is 0.129 e. The van der Waals surface area contributed by atoms with Crippen molar-refractivity contribution in [2.75, 3.05) is 45.2 Å². The maximum absolute atomic E-state index is 5.36. The van der Waals surface area contributed by atoms with Crippen molar-refractivity contribution in [2.45, 2.75) is 6.92 Å². The van der Waals surface area contributed by atoms with Gasteiger partial charge in [-0.3, -0.25) is 0 Å². The van der Waals surface area contributed by atoms with Gasteiger partial charge in [0, 0.05) is 48.9 Å². The van der Waals surface area contributed by atoms with E-state index in [-0.39, 0.29) is 0 Å². The lowest BCUT2D eigenvalue weighted by molar-refractivity contribution is 0.312. The Morgan fingerprint density at radius 3 is 2.59 bits per heavy atom. The minimum absolute atomic E-state index is 0.903. The summed E-state index contributed by atoms with van der Waals surface area (Å²) in [5.41, 5.74) is 4.36. The highest BCUT2D eigenvalue weighted by Crippen LogP contribution is 2.32. The molecule has 3 heterocycles. The van der Waals surface area contributed by atoms with E-state index in [0.29, 0.717) is 0 Å². The van der Waals surface area contributed by atoms with Crippen LogP contribution in [-0.4, -0.2) is 55.2 Å². The molecular formula is C21H24N4OS. The molecule has 1 aromatic carbocycles. The molecule has 0 amide bonds. The molecule has 0 N–H and O–H groups in total. The molecule has 0 atom stereocenters. The van der Waals surface area contributed by atoms with Crippen LogP contribution >= 0.6 is 11.3 Å². The van der Waals surface area contributed by atoms with Crippen LogP contribution in [0.15, 0.2) is 41.9 Å². The third kappa shape index (κ3) is 3.82. The van der Waals surface area contributed by atoms with Crippen LogP contribution in [-0.2, 0) is 0 Å².